The summed E-state index contributed by atoms with van der Waals surface area (Å²) in [6.07, 6.45) is -2.96. The number of nitrogens with zero attached hydrogens (tertiary/aromatic N) is 3. The molecule has 13 heteroatoms. The highest BCUT2D eigenvalue weighted by molar-refractivity contribution is 7.99. The average Bonchev–Trinajstić information content (AvgIpc) is 3.24. The molecule has 2 aromatic carbocycles. The standard InChI is InChI=1S/C25H24Cl2F3N5O2S/c1-4-11-35-22(21(14(2)3)32-23(37)16-7-5-6-8-17(16)26)33-34-24(35)38-13-20(36)31-19-12-15(25(28,29)30)9-10-18(19)27/h4-10,12,14,21H,1,11,13H2,2-3H3,(H,31,36)(H,32,37)/t21-/m0/s1. The second kappa shape index (κ2) is 12.7. The minimum Gasteiger partial charge on any atom is -0.342 e. The Morgan fingerprint density at radius 1 is 1.13 bits per heavy atom. The van der Waals surface area contributed by atoms with Crippen molar-refractivity contribution >= 4 is 52.5 Å². The van der Waals surface area contributed by atoms with Crippen molar-refractivity contribution in [2.75, 3.05) is 11.1 Å². The molecule has 202 valence electrons. The highest BCUT2D eigenvalue weighted by atomic mass is 35.5. The number of thioether (sulfide) groups is 1. The number of rotatable bonds is 10. The van der Waals surface area contributed by atoms with Crippen LogP contribution < -0.4 is 10.6 Å². The van der Waals surface area contributed by atoms with Crippen molar-refractivity contribution < 1.29 is 22.8 Å². The number of anilines is 1. The van der Waals surface area contributed by atoms with Gasteiger partial charge in [-0.1, -0.05) is 67.0 Å². The van der Waals surface area contributed by atoms with Gasteiger partial charge in [-0.25, -0.2) is 0 Å². The van der Waals surface area contributed by atoms with Crippen LogP contribution in [-0.4, -0.2) is 32.3 Å². The van der Waals surface area contributed by atoms with Gasteiger partial charge in [0.15, 0.2) is 11.0 Å². The Kier molecular flexibility index (Phi) is 9.86. The number of benzene rings is 2. The third-order valence-corrected chi connectivity index (χ3v) is 6.93. The van der Waals surface area contributed by atoms with Crippen molar-refractivity contribution in [2.45, 2.75) is 37.8 Å². The van der Waals surface area contributed by atoms with Crippen molar-refractivity contribution in [3.63, 3.8) is 0 Å². The molecule has 38 heavy (non-hydrogen) atoms. The van der Waals surface area contributed by atoms with Crippen molar-refractivity contribution in [1.82, 2.24) is 20.1 Å². The summed E-state index contributed by atoms with van der Waals surface area (Å²) < 4.78 is 40.8. The van der Waals surface area contributed by atoms with Crippen LogP contribution in [0.4, 0.5) is 18.9 Å². The number of carbonyl (C=O) groups excluding carboxylic acids is 2. The van der Waals surface area contributed by atoms with E-state index in [9.17, 15) is 22.8 Å². The fraction of sp³-hybridized carbons (Fsp3) is 0.280. The number of amides is 2. The van der Waals surface area contributed by atoms with Gasteiger partial charge in [-0.3, -0.25) is 9.59 Å². The molecule has 0 radical (unpaired) electrons. The maximum Gasteiger partial charge on any atom is 0.416 e. The minimum atomic E-state index is -4.58. The largest absolute Gasteiger partial charge is 0.416 e. The summed E-state index contributed by atoms with van der Waals surface area (Å²) in [6.45, 7) is 7.86. The second-order valence-electron chi connectivity index (χ2n) is 8.44. The van der Waals surface area contributed by atoms with E-state index in [4.69, 9.17) is 23.2 Å². The van der Waals surface area contributed by atoms with Crippen LogP contribution in [0.25, 0.3) is 0 Å². The molecule has 1 aromatic heterocycles. The number of nitrogens with one attached hydrogen (secondary N) is 2. The fourth-order valence-electron chi connectivity index (χ4n) is 3.45. The SMILES string of the molecule is C=CCn1c(SCC(=O)Nc2cc(C(F)(F)F)ccc2Cl)nnc1[C@@H](NC(=O)c1ccccc1Cl)C(C)C. The van der Waals surface area contributed by atoms with E-state index in [0.717, 1.165) is 30.0 Å². The quantitative estimate of drug-likeness (QED) is 0.205. The first kappa shape index (κ1) is 29.5. The summed E-state index contributed by atoms with van der Waals surface area (Å²) in [6, 6.07) is 8.80. The first-order valence-electron chi connectivity index (χ1n) is 11.3. The van der Waals surface area contributed by atoms with Gasteiger partial charge in [0.25, 0.3) is 5.91 Å². The van der Waals surface area contributed by atoms with Crippen molar-refractivity contribution in [1.29, 1.82) is 0 Å². The Morgan fingerprint density at radius 3 is 2.47 bits per heavy atom. The van der Waals surface area contributed by atoms with Gasteiger partial charge in [0.05, 0.1) is 38.7 Å². The molecule has 0 aliphatic heterocycles. The van der Waals surface area contributed by atoms with Crippen molar-refractivity contribution in [3.05, 3.63) is 82.1 Å². The molecule has 0 fully saturated rings. The molecule has 0 bridgehead atoms. The average molecular weight is 586 g/mol. The van der Waals surface area contributed by atoms with Crippen LogP contribution >= 0.6 is 35.0 Å². The molecular weight excluding hydrogens is 562 g/mol. The van der Waals surface area contributed by atoms with Gasteiger partial charge in [0.2, 0.25) is 5.91 Å². The van der Waals surface area contributed by atoms with E-state index in [0.29, 0.717) is 21.6 Å². The van der Waals surface area contributed by atoms with Crippen LogP contribution in [-0.2, 0) is 17.5 Å². The van der Waals surface area contributed by atoms with E-state index in [2.05, 4.69) is 27.4 Å². The molecule has 3 aromatic rings. The molecule has 1 atom stereocenters. The van der Waals surface area contributed by atoms with E-state index in [1.54, 1.807) is 34.9 Å². The number of halogens is 5. The zero-order chi connectivity index (χ0) is 28.0. The summed E-state index contributed by atoms with van der Waals surface area (Å²) in [7, 11) is 0. The normalized spacial score (nSPS) is 12.3. The van der Waals surface area contributed by atoms with Crippen LogP contribution in [0, 0.1) is 5.92 Å². The van der Waals surface area contributed by atoms with E-state index in [1.807, 2.05) is 13.8 Å². The lowest BCUT2D eigenvalue weighted by Gasteiger charge is -2.23. The van der Waals surface area contributed by atoms with Gasteiger partial charge in [-0.2, -0.15) is 13.2 Å². The number of allylic oxidation sites excluding steroid dienone is 1. The molecule has 3 rings (SSSR count). The molecule has 2 N–H and O–H groups in total. The Labute approximate surface area is 231 Å². The predicted molar refractivity (Wildman–Crippen MR) is 143 cm³/mol. The molecule has 0 spiro atoms. The van der Waals surface area contributed by atoms with Crippen LogP contribution in [0.2, 0.25) is 10.0 Å². The number of hydrogen-bond donors (Lipinski definition) is 2. The van der Waals surface area contributed by atoms with Gasteiger partial charge >= 0.3 is 6.18 Å². The summed E-state index contributed by atoms with van der Waals surface area (Å²) in [5.41, 5.74) is -0.768. The van der Waals surface area contributed by atoms with Crippen molar-refractivity contribution in [3.8, 4) is 0 Å². The Bertz CT molecular complexity index is 1330. The van der Waals surface area contributed by atoms with Gasteiger partial charge in [-0.15, -0.1) is 16.8 Å². The van der Waals surface area contributed by atoms with Crippen molar-refractivity contribution in [2.24, 2.45) is 5.92 Å². The molecule has 0 saturated carbocycles. The molecule has 1 heterocycles. The molecule has 0 aliphatic carbocycles. The lowest BCUT2D eigenvalue weighted by atomic mass is 10.0. The van der Waals surface area contributed by atoms with Gasteiger partial charge in [0.1, 0.15) is 0 Å². The second-order valence-corrected chi connectivity index (χ2v) is 10.2. The fourth-order valence-corrected chi connectivity index (χ4v) is 4.59. The Hall–Kier alpha value is -3.02. The van der Waals surface area contributed by atoms with Crippen LogP contribution in [0.5, 0.6) is 0 Å². The zero-order valence-electron chi connectivity index (χ0n) is 20.4. The van der Waals surface area contributed by atoms with E-state index in [1.165, 1.54) is 0 Å². The number of alkyl halides is 3. The smallest absolute Gasteiger partial charge is 0.342 e. The lowest BCUT2D eigenvalue weighted by molar-refractivity contribution is -0.137. The molecule has 7 nitrogen and oxygen atoms in total. The summed E-state index contributed by atoms with van der Waals surface area (Å²) in [4.78, 5) is 25.5. The summed E-state index contributed by atoms with van der Waals surface area (Å²) in [5.74, 6) is -0.782. The van der Waals surface area contributed by atoms with Gasteiger partial charge in [-0.05, 0) is 36.2 Å². The summed E-state index contributed by atoms with van der Waals surface area (Å²) >= 11 is 13.2. The highest BCUT2D eigenvalue weighted by Crippen LogP contribution is 2.34. The molecular formula is C25H24Cl2F3N5O2S. The topological polar surface area (TPSA) is 88.9 Å². The maximum absolute atomic E-state index is 13.0. The first-order valence-corrected chi connectivity index (χ1v) is 13.0. The predicted octanol–water partition coefficient (Wildman–Crippen LogP) is 6.65. The third-order valence-electron chi connectivity index (χ3n) is 5.31. The van der Waals surface area contributed by atoms with E-state index in [-0.39, 0.29) is 34.8 Å². The monoisotopic (exact) mass is 585 g/mol. The molecule has 0 unspecified atom stereocenters. The summed E-state index contributed by atoms with van der Waals surface area (Å²) in [5, 5.41) is 14.4. The van der Waals surface area contributed by atoms with E-state index < -0.39 is 23.7 Å². The molecule has 0 saturated heterocycles. The number of aromatic nitrogens is 3. The van der Waals surface area contributed by atoms with Gasteiger partial charge in [0, 0.05) is 6.54 Å². The van der Waals surface area contributed by atoms with Crippen LogP contribution in [0.1, 0.15) is 41.6 Å². The van der Waals surface area contributed by atoms with Crippen LogP contribution in [0.3, 0.4) is 0 Å². The van der Waals surface area contributed by atoms with Gasteiger partial charge < -0.3 is 15.2 Å². The van der Waals surface area contributed by atoms with E-state index >= 15 is 0 Å². The first-order chi connectivity index (χ1) is 17.9. The number of carbonyl (C=O) groups is 2. The third kappa shape index (κ3) is 7.30. The lowest BCUT2D eigenvalue weighted by Crippen LogP contribution is -2.34. The maximum atomic E-state index is 13.0. The Balaban J connectivity index is 1.77. The zero-order valence-corrected chi connectivity index (χ0v) is 22.7. The van der Waals surface area contributed by atoms with Crippen LogP contribution in [0.15, 0.2) is 60.3 Å². The highest BCUT2D eigenvalue weighted by Gasteiger charge is 2.31. The Morgan fingerprint density at radius 2 is 1.84 bits per heavy atom. The molecule has 0 aliphatic rings. The minimum absolute atomic E-state index is 0.0255. The number of hydrogen-bond acceptors (Lipinski definition) is 5. The molecule has 2 amide bonds.